The zero-order chi connectivity index (χ0) is 24.7. The van der Waals surface area contributed by atoms with Gasteiger partial charge in [-0.05, 0) is 38.0 Å². The first kappa shape index (κ1) is 23.9. The van der Waals surface area contributed by atoms with Crippen molar-refractivity contribution in [3.63, 3.8) is 0 Å². The first-order valence-corrected chi connectivity index (χ1v) is 12.4. The number of nitrogens with two attached hydrogens (primary N) is 1. The third kappa shape index (κ3) is 4.06. The molecular weight excluding hydrogens is 470 g/mol. The summed E-state index contributed by atoms with van der Waals surface area (Å²) < 4.78 is 63.0. The number of benzene rings is 1. The number of amidine groups is 1. The topological polar surface area (TPSA) is 133 Å². The number of carbonyl (C=O) groups excluding carboxylic acids is 1. The van der Waals surface area contributed by atoms with Crippen LogP contribution in [0.1, 0.15) is 35.8 Å². The molecule has 0 saturated heterocycles. The van der Waals surface area contributed by atoms with Crippen molar-refractivity contribution in [1.29, 1.82) is 0 Å². The molecule has 2 aromatic rings. The minimum absolute atomic E-state index is 0.0395. The fraction of sp³-hybridized carbons (Fsp3) is 0.409. The summed E-state index contributed by atoms with van der Waals surface area (Å²) >= 11 is 0. The van der Waals surface area contributed by atoms with Gasteiger partial charge in [-0.1, -0.05) is 0 Å². The Morgan fingerprint density at radius 3 is 2.56 bits per heavy atom. The molecule has 4 rings (SSSR count). The zero-order valence-corrected chi connectivity index (χ0v) is 19.4. The average molecular weight is 495 g/mol. The van der Waals surface area contributed by atoms with Crippen LogP contribution in [0.5, 0.6) is 11.5 Å². The van der Waals surface area contributed by atoms with Crippen LogP contribution in [0.4, 0.5) is 14.5 Å². The van der Waals surface area contributed by atoms with Crippen LogP contribution in [-0.4, -0.2) is 56.0 Å². The van der Waals surface area contributed by atoms with Crippen molar-refractivity contribution in [2.24, 2.45) is 10.7 Å². The number of pyridine rings is 1. The van der Waals surface area contributed by atoms with Crippen molar-refractivity contribution in [3.8, 4) is 11.5 Å². The van der Waals surface area contributed by atoms with Crippen molar-refractivity contribution in [3.05, 3.63) is 47.5 Å². The highest BCUT2D eigenvalue weighted by molar-refractivity contribution is 7.92. The highest BCUT2D eigenvalue weighted by Gasteiger charge is 2.49. The second-order valence-corrected chi connectivity index (χ2v) is 11.0. The molecule has 2 aliphatic heterocycles. The smallest absolute Gasteiger partial charge is 0.274 e. The van der Waals surface area contributed by atoms with Crippen LogP contribution in [0.15, 0.2) is 35.5 Å². The monoisotopic (exact) mass is 494 g/mol. The van der Waals surface area contributed by atoms with E-state index in [4.69, 9.17) is 15.2 Å². The quantitative estimate of drug-likeness (QED) is 0.652. The molecule has 2 aliphatic rings. The number of sulfone groups is 1. The van der Waals surface area contributed by atoms with Gasteiger partial charge in [0.05, 0.1) is 6.20 Å². The first-order valence-electron chi connectivity index (χ1n) is 10.5. The molecule has 182 valence electrons. The van der Waals surface area contributed by atoms with E-state index in [2.05, 4.69) is 15.3 Å². The lowest BCUT2D eigenvalue weighted by molar-refractivity contribution is 0.102. The first-order chi connectivity index (χ1) is 16.0. The fourth-order valence-corrected chi connectivity index (χ4v) is 4.84. The predicted molar refractivity (Wildman–Crippen MR) is 121 cm³/mol. The van der Waals surface area contributed by atoms with Gasteiger partial charge in [-0.25, -0.2) is 22.2 Å². The van der Waals surface area contributed by atoms with Crippen LogP contribution in [0.3, 0.4) is 0 Å². The largest absolute Gasteiger partial charge is 0.486 e. The molecule has 12 heteroatoms. The predicted octanol–water partition coefficient (Wildman–Crippen LogP) is 2.36. The summed E-state index contributed by atoms with van der Waals surface area (Å²) in [5.41, 5.74) is 4.34. The molecule has 0 saturated carbocycles. The molecule has 0 unspecified atom stereocenters. The Hall–Kier alpha value is -3.28. The lowest BCUT2D eigenvalue weighted by Crippen LogP contribution is -2.53. The summed E-state index contributed by atoms with van der Waals surface area (Å²) in [5, 5.41) is 2.60. The van der Waals surface area contributed by atoms with Crippen LogP contribution < -0.4 is 20.5 Å². The zero-order valence-electron chi connectivity index (χ0n) is 18.6. The van der Waals surface area contributed by atoms with Crippen LogP contribution in [-0.2, 0) is 15.4 Å². The number of amides is 1. The van der Waals surface area contributed by atoms with E-state index in [-0.39, 0.29) is 35.6 Å². The van der Waals surface area contributed by atoms with Gasteiger partial charge in [0, 0.05) is 23.6 Å². The van der Waals surface area contributed by atoms with Crippen LogP contribution >= 0.6 is 0 Å². The number of nitrogens with zero attached hydrogens (tertiary/aromatic N) is 2. The molecule has 34 heavy (non-hydrogen) atoms. The van der Waals surface area contributed by atoms with E-state index < -0.39 is 38.5 Å². The Balaban J connectivity index is 1.65. The number of aliphatic imine (C=N–C) groups is 1. The van der Waals surface area contributed by atoms with E-state index >= 15 is 0 Å². The normalized spacial score (nSPS) is 24.3. The van der Waals surface area contributed by atoms with Gasteiger partial charge in [-0.15, -0.1) is 0 Å². The lowest BCUT2D eigenvalue weighted by atomic mass is 9.80. The molecule has 3 N–H and O–H groups in total. The summed E-state index contributed by atoms with van der Waals surface area (Å²) in [7, 11) is -3.64. The van der Waals surface area contributed by atoms with Gasteiger partial charge >= 0.3 is 0 Å². The number of ether oxygens (including phenoxy) is 2. The van der Waals surface area contributed by atoms with Gasteiger partial charge < -0.3 is 20.5 Å². The third-order valence-corrected chi connectivity index (χ3v) is 8.37. The number of hydrogen-bond donors (Lipinski definition) is 2. The molecule has 2 atom stereocenters. The minimum Gasteiger partial charge on any atom is -0.486 e. The molecule has 9 nitrogen and oxygen atoms in total. The number of nitrogens with one attached hydrogen (secondary N) is 1. The van der Waals surface area contributed by atoms with Crippen LogP contribution in [0.2, 0.25) is 0 Å². The van der Waals surface area contributed by atoms with Crippen molar-refractivity contribution in [1.82, 2.24) is 4.98 Å². The maximum absolute atomic E-state index is 14.8. The minimum atomic E-state index is -3.64. The Labute approximate surface area is 195 Å². The van der Waals surface area contributed by atoms with E-state index in [9.17, 15) is 22.0 Å². The third-order valence-electron chi connectivity index (χ3n) is 6.32. The highest BCUT2D eigenvalue weighted by Crippen LogP contribution is 2.42. The standard InChI is InChI=1S/C22H24F2N4O5S/c1-21(34(2,30)31)5-6-22(12-23,28-20(21)25)14-9-13(3-4-15(14)24)27-19(29)16-10-17-18(11-26-16)33-8-7-32-17/h3-4,9-11H,5-8,12H2,1-2H3,(H2,25,28)(H,27,29)/t21-,22-/m1/s1. The molecule has 0 aliphatic carbocycles. The average Bonchev–Trinajstić information content (AvgIpc) is 2.81. The highest BCUT2D eigenvalue weighted by atomic mass is 32.2. The number of anilines is 1. The van der Waals surface area contributed by atoms with E-state index in [1.807, 2.05) is 0 Å². The molecule has 3 heterocycles. The number of fused-ring (bicyclic) bond motifs is 1. The number of rotatable bonds is 5. The molecule has 1 aromatic carbocycles. The van der Waals surface area contributed by atoms with E-state index in [1.54, 1.807) is 0 Å². The Kier molecular flexibility index (Phi) is 5.96. The molecule has 1 amide bonds. The van der Waals surface area contributed by atoms with E-state index in [1.165, 1.54) is 31.3 Å². The summed E-state index contributed by atoms with van der Waals surface area (Å²) in [6.07, 6.45) is 2.27. The summed E-state index contributed by atoms with van der Waals surface area (Å²) in [4.78, 5) is 20.9. The Morgan fingerprint density at radius 2 is 1.91 bits per heavy atom. The summed E-state index contributed by atoms with van der Waals surface area (Å²) in [6.45, 7) is 1.03. The maximum atomic E-state index is 14.8. The van der Waals surface area contributed by atoms with Crippen molar-refractivity contribution < 1.29 is 31.5 Å². The SMILES string of the molecule is C[C@@]1(S(C)(=O)=O)CC[C@@](CF)(c2cc(NC(=O)c3cc4c(cn3)OCCO4)ccc2F)N=C1N. The van der Waals surface area contributed by atoms with Crippen LogP contribution in [0.25, 0.3) is 0 Å². The fourth-order valence-electron chi connectivity index (χ4n) is 3.94. The molecule has 0 bridgehead atoms. The van der Waals surface area contributed by atoms with Gasteiger partial charge in [0.2, 0.25) is 0 Å². The molecule has 1 aromatic heterocycles. The van der Waals surface area contributed by atoms with Gasteiger partial charge in [0.1, 0.15) is 47.5 Å². The van der Waals surface area contributed by atoms with Crippen molar-refractivity contribution in [2.45, 2.75) is 30.1 Å². The second kappa shape index (κ2) is 8.49. The van der Waals surface area contributed by atoms with Gasteiger partial charge in [-0.2, -0.15) is 0 Å². The van der Waals surface area contributed by atoms with Gasteiger partial charge in [-0.3, -0.25) is 9.79 Å². The summed E-state index contributed by atoms with van der Waals surface area (Å²) in [5.74, 6) is -0.838. The molecular formula is C22H24F2N4O5S. The summed E-state index contributed by atoms with van der Waals surface area (Å²) in [6, 6.07) is 5.09. The Morgan fingerprint density at radius 1 is 1.21 bits per heavy atom. The number of halogens is 2. The van der Waals surface area contributed by atoms with E-state index in [0.29, 0.717) is 24.7 Å². The maximum Gasteiger partial charge on any atom is 0.274 e. The number of carbonyl (C=O) groups is 1. The second-order valence-electron chi connectivity index (χ2n) is 8.53. The molecule has 0 radical (unpaired) electrons. The van der Waals surface area contributed by atoms with Crippen LogP contribution in [0, 0.1) is 5.82 Å². The van der Waals surface area contributed by atoms with Crippen molar-refractivity contribution >= 4 is 27.3 Å². The molecule has 0 fully saturated rings. The number of hydrogen-bond acceptors (Lipinski definition) is 8. The van der Waals surface area contributed by atoms with Gasteiger partial charge in [0.25, 0.3) is 5.91 Å². The van der Waals surface area contributed by atoms with Gasteiger partial charge in [0.15, 0.2) is 21.3 Å². The molecule has 0 spiro atoms. The number of aromatic nitrogens is 1. The number of alkyl halides is 1. The Bertz CT molecular complexity index is 1290. The van der Waals surface area contributed by atoms with Crippen molar-refractivity contribution in [2.75, 3.05) is 31.5 Å². The lowest BCUT2D eigenvalue weighted by Gasteiger charge is -2.39. The van der Waals surface area contributed by atoms with E-state index in [0.717, 1.165) is 12.3 Å².